The number of ether oxygens (including phenoxy) is 1. The molecule has 0 aliphatic carbocycles. The first-order valence-electron chi connectivity index (χ1n) is 12.7. The highest BCUT2D eigenvalue weighted by Crippen LogP contribution is 2.44. The van der Waals surface area contributed by atoms with E-state index in [4.69, 9.17) is 4.74 Å². The van der Waals surface area contributed by atoms with Gasteiger partial charge in [0.15, 0.2) is 11.3 Å². The molecule has 0 saturated carbocycles. The van der Waals surface area contributed by atoms with Crippen molar-refractivity contribution in [2.24, 2.45) is 0 Å². The number of hydrogen-bond acceptors (Lipinski definition) is 4. The van der Waals surface area contributed by atoms with Crippen LogP contribution in [0.1, 0.15) is 69.4 Å². The van der Waals surface area contributed by atoms with Crippen LogP contribution in [0.4, 0.5) is 13.6 Å². The molecule has 1 N–H and O–H groups in total. The van der Waals surface area contributed by atoms with Crippen LogP contribution >= 0.6 is 0 Å². The molecule has 0 bridgehead atoms. The molecule has 2 aliphatic heterocycles. The molecule has 2 aliphatic rings. The minimum Gasteiger partial charge on any atom is -0.437 e. The average Bonchev–Trinajstić information content (AvgIpc) is 3.02. The Kier molecular flexibility index (Phi) is 7.77. The van der Waals surface area contributed by atoms with E-state index in [2.05, 4.69) is 11.8 Å². The molecular formula is C28H36F2N2O3. The summed E-state index contributed by atoms with van der Waals surface area (Å²) >= 11 is 0. The van der Waals surface area contributed by atoms with Crippen LogP contribution in [0.25, 0.3) is 0 Å². The molecule has 7 heteroatoms. The predicted molar refractivity (Wildman–Crippen MR) is 131 cm³/mol. The Morgan fingerprint density at radius 3 is 2.00 bits per heavy atom. The van der Waals surface area contributed by atoms with E-state index >= 15 is 0 Å². The number of hydrogen-bond donors (Lipinski definition) is 1. The van der Waals surface area contributed by atoms with E-state index in [-0.39, 0.29) is 17.6 Å². The SMILES string of the molecule is CCCCN1C(=O)OC2(CCN(CCCC(c3ccc(F)cc3)c3ccc(F)cc3)CC2)C1(C)O. The van der Waals surface area contributed by atoms with E-state index in [0.29, 0.717) is 19.4 Å². The lowest BCUT2D eigenvalue weighted by molar-refractivity contribution is -0.165. The lowest BCUT2D eigenvalue weighted by Crippen LogP contribution is -2.60. The molecule has 2 saturated heterocycles. The smallest absolute Gasteiger partial charge is 0.412 e. The van der Waals surface area contributed by atoms with Crippen LogP contribution in [0.15, 0.2) is 48.5 Å². The molecule has 0 radical (unpaired) electrons. The van der Waals surface area contributed by atoms with E-state index in [0.717, 1.165) is 56.4 Å². The zero-order valence-electron chi connectivity index (χ0n) is 20.7. The molecule has 1 unspecified atom stereocenters. The number of benzene rings is 2. The highest BCUT2D eigenvalue weighted by atomic mass is 19.1. The molecule has 1 amide bonds. The molecule has 1 spiro atoms. The number of likely N-dealkylation sites (tertiary alicyclic amines) is 1. The Balaban J connectivity index is 1.35. The maximum atomic E-state index is 13.5. The summed E-state index contributed by atoms with van der Waals surface area (Å²) < 4.78 is 32.8. The lowest BCUT2D eigenvalue weighted by atomic mass is 9.81. The number of carbonyl (C=O) groups is 1. The van der Waals surface area contributed by atoms with Crippen molar-refractivity contribution in [2.75, 3.05) is 26.2 Å². The highest BCUT2D eigenvalue weighted by Gasteiger charge is 2.62. The van der Waals surface area contributed by atoms with Gasteiger partial charge in [0.1, 0.15) is 11.6 Å². The van der Waals surface area contributed by atoms with Crippen molar-refractivity contribution in [2.45, 2.75) is 69.6 Å². The van der Waals surface area contributed by atoms with Gasteiger partial charge in [0.05, 0.1) is 0 Å². The first kappa shape index (κ1) is 25.6. The zero-order chi connectivity index (χ0) is 25.1. The number of aliphatic hydroxyl groups is 1. The Morgan fingerprint density at radius 2 is 1.49 bits per heavy atom. The van der Waals surface area contributed by atoms with E-state index in [1.54, 1.807) is 31.2 Å². The number of unbranched alkanes of at least 4 members (excludes halogenated alkanes) is 1. The van der Waals surface area contributed by atoms with Crippen LogP contribution < -0.4 is 0 Å². The lowest BCUT2D eigenvalue weighted by Gasteiger charge is -2.45. The fraction of sp³-hybridized carbons (Fsp3) is 0.536. The summed E-state index contributed by atoms with van der Waals surface area (Å²) in [5.74, 6) is -0.493. The van der Waals surface area contributed by atoms with Crippen molar-refractivity contribution < 1.29 is 23.4 Å². The van der Waals surface area contributed by atoms with E-state index < -0.39 is 17.4 Å². The van der Waals surface area contributed by atoms with Crippen molar-refractivity contribution in [1.29, 1.82) is 0 Å². The van der Waals surface area contributed by atoms with Crippen LogP contribution in [-0.4, -0.2) is 58.5 Å². The van der Waals surface area contributed by atoms with Crippen molar-refractivity contribution in [3.63, 3.8) is 0 Å². The molecular weight excluding hydrogens is 450 g/mol. The summed E-state index contributed by atoms with van der Waals surface area (Å²) in [6.45, 7) is 6.61. The first-order valence-corrected chi connectivity index (χ1v) is 12.7. The van der Waals surface area contributed by atoms with Gasteiger partial charge >= 0.3 is 6.09 Å². The Labute approximate surface area is 206 Å². The second kappa shape index (κ2) is 10.6. The van der Waals surface area contributed by atoms with E-state index in [1.165, 1.54) is 29.2 Å². The summed E-state index contributed by atoms with van der Waals surface area (Å²) in [7, 11) is 0. The van der Waals surface area contributed by atoms with Crippen molar-refractivity contribution in [3.8, 4) is 0 Å². The molecule has 4 rings (SSSR count). The van der Waals surface area contributed by atoms with Crippen LogP contribution in [0.2, 0.25) is 0 Å². The van der Waals surface area contributed by atoms with Crippen molar-refractivity contribution in [3.05, 3.63) is 71.3 Å². The van der Waals surface area contributed by atoms with Gasteiger partial charge in [0, 0.05) is 38.4 Å². The zero-order valence-corrected chi connectivity index (χ0v) is 20.7. The molecule has 2 fully saturated rings. The molecule has 2 aromatic carbocycles. The third-order valence-electron chi connectivity index (χ3n) is 7.80. The van der Waals surface area contributed by atoms with Crippen LogP contribution in [0, 0.1) is 11.6 Å². The van der Waals surface area contributed by atoms with Crippen LogP contribution in [0.3, 0.4) is 0 Å². The maximum Gasteiger partial charge on any atom is 0.412 e. The third kappa shape index (κ3) is 5.36. The number of halogens is 2. The number of piperidine rings is 1. The van der Waals surface area contributed by atoms with Gasteiger partial charge in [-0.25, -0.2) is 13.6 Å². The summed E-state index contributed by atoms with van der Waals surface area (Å²) in [6, 6.07) is 13.1. The molecule has 0 aromatic heterocycles. The first-order chi connectivity index (χ1) is 16.8. The molecule has 2 aromatic rings. The fourth-order valence-corrected chi connectivity index (χ4v) is 5.52. The molecule has 2 heterocycles. The summed E-state index contributed by atoms with van der Waals surface area (Å²) in [4.78, 5) is 16.3. The number of rotatable bonds is 9. The standard InChI is InChI=1S/C28H36F2N2O3/c1-3-4-18-32-26(33)35-28(27(32,2)34)15-19-31(20-16-28)17-5-6-25(21-7-11-23(29)12-8-21)22-9-13-24(30)14-10-22/h7-14,25,34H,3-6,15-20H2,1-2H3. The second-order valence-electron chi connectivity index (χ2n) is 10.0. The van der Waals surface area contributed by atoms with Gasteiger partial charge in [-0.1, -0.05) is 37.6 Å². The van der Waals surface area contributed by atoms with Gasteiger partial charge < -0.3 is 14.7 Å². The summed E-state index contributed by atoms with van der Waals surface area (Å²) in [5.41, 5.74) is -0.144. The van der Waals surface area contributed by atoms with Crippen LogP contribution in [-0.2, 0) is 4.74 Å². The maximum absolute atomic E-state index is 13.5. The van der Waals surface area contributed by atoms with Gasteiger partial charge in [-0.2, -0.15) is 0 Å². The minimum absolute atomic E-state index is 0.0518. The third-order valence-corrected chi connectivity index (χ3v) is 7.80. The van der Waals surface area contributed by atoms with E-state index in [1.807, 2.05) is 0 Å². The Bertz CT molecular complexity index is 941. The summed E-state index contributed by atoms with van der Waals surface area (Å²) in [5, 5.41) is 11.3. The van der Waals surface area contributed by atoms with Crippen LogP contribution in [0.5, 0.6) is 0 Å². The summed E-state index contributed by atoms with van der Waals surface area (Å²) in [6.07, 6.45) is 4.29. The van der Waals surface area contributed by atoms with Gasteiger partial charge in [-0.3, -0.25) is 4.90 Å². The Morgan fingerprint density at radius 1 is 0.943 bits per heavy atom. The largest absolute Gasteiger partial charge is 0.437 e. The predicted octanol–water partition coefficient (Wildman–Crippen LogP) is 5.67. The van der Waals surface area contributed by atoms with Crippen molar-refractivity contribution in [1.82, 2.24) is 9.80 Å². The van der Waals surface area contributed by atoms with Gasteiger partial charge in [0.2, 0.25) is 0 Å². The van der Waals surface area contributed by atoms with Gasteiger partial charge in [0.25, 0.3) is 0 Å². The average molecular weight is 487 g/mol. The molecule has 5 nitrogen and oxygen atoms in total. The quantitative estimate of drug-likeness (QED) is 0.496. The Hall–Kier alpha value is -2.51. The number of carbonyl (C=O) groups excluding carboxylic acids is 1. The van der Waals surface area contributed by atoms with Crippen molar-refractivity contribution >= 4 is 6.09 Å². The molecule has 35 heavy (non-hydrogen) atoms. The fourth-order valence-electron chi connectivity index (χ4n) is 5.52. The van der Waals surface area contributed by atoms with Gasteiger partial charge in [-0.15, -0.1) is 0 Å². The minimum atomic E-state index is -1.30. The topological polar surface area (TPSA) is 53.0 Å². The van der Waals surface area contributed by atoms with E-state index in [9.17, 15) is 18.7 Å². The monoisotopic (exact) mass is 486 g/mol. The second-order valence-corrected chi connectivity index (χ2v) is 10.0. The normalized spacial score (nSPS) is 22.2. The molecule has 190 valence electrons. The van der Waals surface area contributed by atoms with Gasteiger partial charge in [-0.05, 0) is 68.1 Å². The number of nitrogens with zero attached hydrogens (tertiary/aromatic N) is 2. The highest BCUT2D eigenvalue weighted by molar-refractivity contribution is 5.72. The molecule has 1 atom stereocenters. The number of amides is 1.